The predicted molar refractivity (Wildman–Crippen MR) is 176 cm³/mol. The molecule has 2 aromatic carbocycles. The molecule has 0 bridgehead atoms. The maximum atomic E-state index is 17.1. The number of hydrogen-bond acceptors (Lipinski definition) is 10. The van der Waals surface area contributed by atoms with Crippen molar-refractivity contribution < 1.29 is 40.6 Å². The van der Waals surface area contributed by atoms with Gasteiger partial charge in [-0.05, 0) is 57.5 Å². The van der Waals surface area contributed by atoms with Gasteiger partial charge < -0.3 is 25.0 Å². The van der Waals surface area contributed by atoms with Crippen LogP contribution in [0.15, 0.2) is 30.9 Å². The topological polar surface area (TPSA) is 110 Å². The number of alkyl halides is 4. The average Bonchev–Trinajstić information content (AvgIpc) is 3.72. The Balaban J connectivity index is 1.42. The van der Waals surface area contributed by atoms with Crippen molar-refractivity contribution in [1.82, 2.24) is 24.8 Å². The van der Waals surface area contributed by atoms with Crippen molar-refractivity contribution in [2.45, 2.75) is 63.3 Å². The lowest BCUT2D eigenvalue weighted by Gasteiger charge is -2.44. The Morgan fingerprint density at radius 1 is 1.14 bits per heavy atom. The van der Waals surface area contributed by atoms with Crippen LogP contribution in [0.1, 0.15) is 33.1 Å². The number of halogens is 6. The summed E-state index contributed by atoms with van der Waals surface area (Å²) in [6.45, 7) is 8.49. The predicted octanol–water partition coefficient (Wildman–Crippen LogP) is 6.23. The zero-order valence-corrected chi connectivity index (χ0v) is 27.9. The molecule has 50 heavy (non-hydrogen) atoms. The Kier molecular flexibility index (Phi) is 8.48. The molecular weight excluding hydrogens is 688 g/mol. The Morgan fingerprint density at radius 3 is 2.66 bits per heavy atom. The van der Waals surface area contributed by atoms with E-state index in [2.05, 4.69) is 26.3 Å². The minimum Gasteiger partial charge on any atom is -0.461 e. The van der Waals surface area contributed by atoms with Gasteiger partial charge in [-0.15, -0.1) is 13.2 Å². The summed E-state index contributed by atoms with van der Waals surface area (Å²) in [7, 11) is 0. The molecule has 4 unspecified atom stereocenters. The number of nitrogens with zero attached hydrogens (tertiary/aromatic N) is 6. The molecule has 266 valence electrons. The highest BCUT2D eigenvalue weighted by Gasteiger charge is 2.49. The normalized spacial score (nSPS) is 24.3. The largest absolute Gasteiger partial charge is 0.573 e. The molecule has 2 N–H and O–H groups in total. The zero-order chi connectivity index (χ0) is 35.7. The molecule has 7 rings (SSSR count). The summed E-state index contributed by atoms with van der Waals surface area (Å²) in [5.74, 6) is -3.14. The number of fused-ring (bicyclic) bond motifs is 3. The molecule has 3 fully saturated rings. The number of nitrogen functional groups attached to an aromatic ring is 1. The highest BCUT2D eigenvalue weighted by atomic mass is 32.1. The Hall–Kier alpha value is -4.38. The number of amides is 1. The minimum atomic E-state index is -5.25. The van der Waals surface area contributed by atoms with Crippen LogP contribution in [0.25, 0.3) is 32.2 Å². The van der Waals surface area contributed by atoms with Crippen LogP contribution in [-0.2, 0) is 4.79 Å². The summed E-state index contributed by atoms with van der Waals surface area (Å²) >= 11 is 0.759. The second kappa shape index (κ2) is 12.4. The third-order valence-electron chi connectivity index (χ3n) is 9.81. The minimum absolute atomic E-state index is 0.00632. The van der Waals surface area contributed by atoms with E-state index in [9.17, 15) is 26.7 Å². The fourth-order valence-electron chi connectivity index (χ4n) is 7.59. The van der Waals surface area contributed by atoms with Crippen LogP contribution in [-0.4, -0.2) is 93.6 Å². The first-order chi connectivity index (χ1) is 23.7. The number of nitrogens with two attached hydrogens (primary N) is 1. The summed E-state index contributed by atoms with van der Waals surface area (Å²) < 4.78 is 98.6. The summed E-state index contributed by atoms with van der Waals surface area (Å²) in [5, 5.41) is -0.201. The van der Waals surface area contributed by atoms with E-state index in [1.165, 1.54) is 6.08 Å². The molecule has 10 nitrogen and oxygen atoms in total. The molecule has 0 radical (unpaired) electrons. The number of thiazole rings is 1. The number of ether oxygens (including phenoxy) is 2. The molecule has 17 heteroatoms. The van der Waals surface area contributed by atoms with Gasteiger partial charge in [0.2, 0.25) is 5.91 Å². The fourth-order valence-corrected chi connectivity index (χ4v) is 8.36. The lowest BCUT2D eigenvalue weighted by atomic mass is 9.95. The van der Waals surface area contributed by atoms with E-state index in [0.717, 1.165) is 36.0 Å². The summed E-state index contributed by atoms with van der Waals surface area (Å²) in [6, 6.07) is 1.97. The van der Waals surface area contributed by atoms with Crippen molar-refractivity contribution >= 4 is 49.3 Å². The third kappa shape index (κ3) is 5.93. The first kappa shape index (κ1) is 34.1. The van der Waals surface area contributed by atoms with Gasteiger partial charge in [0.05, 0.1) is 21.3 Å². The molecular formula is C33H33F6N7O3S. The van der Waals surface area contributed by atoms with E-state index in [1.54, 1.807) is 23.6 Å². The van der Waals surface area contributed by atoms with Crippen molar-refractivity contribution in [3.05, 3.63) is 42.5 Å². The first-order valence-corrected chi connectivity index (χ1v) is 16.9. The Labute approximate surface area is 286 Å². The molecule has 0 saturated carbocycles. The van der Waals surface area contributed by atoms with Gasteiger partial charge in [-0.2, -0.15) is 9.97 Å². The van der Waals surface area contributed by atoms with Gasteiger partial charge in [0, 0.05) is 49.1 Å². The van der Waals surface area contributed by atoms with E-state index in [-0.39, 0.29) is 76.7 Å². The van der Waals surface area contributed by atoms with Crippen LogP contribution in [0.5, 0.6) is 11.8 Å². The molecule has 3 saturated heterocycles. The number of anilines is 2. The summed E-state index contributed by atoms with van der Waals surface area (Å²) in [5.41, 5.74) is 3.81. The average molecular weight is 722 g/mol. The van der Waals surface area contributed by atoms with Crippen LogP contribution in [0.4, 0.5) is 37.3 Å². The van der Waals surface area contributed by atoms with Crippen molar-refractivity contribution in [3.63, 3.8) is 0 Å². The van der Waals surface area contributed by atoms with Crippen molar-refractivity contribution in [2.75, 3.05) is 43.4 Å². The number of rotatable bonds is 7. The first-order valence-electron chi connectivity index (χ1n) is 16.0. The third-order valence-corrected chi connectivity index (χ3v) is 10.7. The number of carbonyl (C=O) groups is 1. The van der Waals surface area contributed by atoms with Gasteiger partial charge in [-0.1, -0.05) is 17.9 Å². The van der Waals surface area contributed by atoms with Crippen LogP contribution in [0.2, 0.25) is 0 Å². The summed E-state index contributed by atoms with van der Waals surface area (Å²) in [4.78, 5) is 31.0. The highest BCUT2D eigenvalue weighted by molar-refractivity contribution is 7.22. The number of aromatic nitrogens is 3. The molecule has 0 aliphatic carbocycles. The van der Waals surface area contributed by atoms with Crippen molar-refractivity contribution in [1.29, 1.82) is 0 Å². The standard InChI is InChI=1S/C33H33F6N7O3S/c1-4-23(47)45-12-17(3)46(13-16(45)2)29-20-10-22(49-33(37,38)39)24(19-6-7-21(35)28-27(19)41-30(40)50-28)25(36)26(20)42-31(43-29)48-15-32-8-5-9-44(32)14-18(34)11-32/h4,6-7,10,16-18H,1,5,8-9,11-15H2,2-3H3,(H2,40,41). The van der Waals surface area contributed by atoms with Crippen LogP contribution >= 0.6 is 11.3 Å². The Bertz CT molecular complexity index is 2010. The lowest BCUT2D eigenvalue weighted by Crippen LogP contribution is -2.58. The molecule has 5 heterocycles. The van der Waals surface area contributed by atoms with E-state index < -0.39 is 58.6 Å². The maximum absolute atomic E-state index is 17.1. The molecule has 4 aromatic rings. The van der Waals surface area contributed by atoms with E-state index >= 15 is 4.39 Å². The molecule has 1 amide bonds. The zero-order valence-electron chi connectivity index (χ0n) is 27.1. The second-order valence-electron chi connectivity index (χ2n) is 13.1. The second-order valence-corrected chi connectivity index (χ2v) is 14.1. The summed E-state index contributed by atoms with van der Waals surface area (Å²) in [6.07, 6.45) is -3.33. The monoisotopic (exact) mass is 721 g/mol. The Morgan fingerprint density at radius 2 is 1.92 bits per heavy atom. The van der Waals surface area contributed by atoms with Gasteiger partial charge >= 0.3 is 12.4 Å². The number of benzene rings is 2. The molecule has 2 aromatic heterocycles. The van der Waals surface area contributed by atoms with Crippen LogP contribution < -0.4 is 20.1 Å². The lowest BCUT2D eigenvalue weighted by molar-refractivity contribution is -0.274. The van der Waals surface area contributed by atoms with Gasteiger partial charge in [0.1, 0.15) is 35.7 Å². The van der Waals surface area contributed by atoms with Gasteiger partial charge in [-0.3, -0.25) is 9.69 Å². The number of carbonyl (C=O) groups excluding carboxylic acids is 1. The van der Waals surface area contributed by atoms with E-state index in [1.807, 2.05) is 4.90 Å². The number of hydrogen-bond donors (Lipinski definition) is 1. The molecule has 4 atom stereocenters. The molecule has 0 spiro atoms. The van der Waals surface area contributed by atoms with Crippen molar-refractivity contribution in [3.8, 4) is 22.9 Å². The van der Waals surface area contributed by atoms with E-state index in [0.29, 0.717) is 13.0 Å². The maximum Gasteiger partial charge on any atom is 0.573 e. The van der Waals surface area contributed by atoms with Gasteiger partial charge in [0.25, 0.3) is 0 Å². The molecule has 3 aliphatic rings. The van der Waals surface area contributed by atoms with Crippen LogP contribution in [0.3, 0.4) is 0 Å². The quantitative estimate of drug-likeness (QED) is 0.176. The highest BCUT2D eigenvalue weighted by Crippen LogP contribution is 2.46. The SMILES string of the molecule is C=CC(=O)N1CC(C)N(c2nc(OCC34CCCN3CC(F)C4)nc3c(F)c(-c4ccc(F)c5sc(N)nc45)c(OC(F)(F)F)cc23)CC1C. The van der Waals surface area contributed by atoms with Gasteiger partial charge in [0.15, 0.2) is 10.9 Å². The fraction of sp³-hybridized carbons (Fsp3) is 0.455. The van der Waals surface area contributed by atoms with Gasteiger partial charge in [-0.25, -0.2) is 18.2 Å². The van der Waals surface area contributed by atoms with Crippen molar-refractivity contribution in [2.24, 2.45) is 0 Å². The van der Waals surface area contributed by atoms with Crippen LogP contribution in [0, 0.1) is 11.6 Å². The van der Waals surface area contributed by atoms with E-state index in [4.69, 9.17) is 10.5 Å². The molecule has 3 aliphatic heterocycles. The number of piperazine rings is 1. The smallest absolute Gasteiger partial charge is 0.461 e.